The van der Waals surface area contributed by atoms with Crippen LogP contribution in [0.25, 0.3) is 33.6 Å². The minimum Gasteiger partial charge on any atom is -0.443 e. The highest BCUT2D eigenvalue weighted by molar-refractivity contribution is 5.96. The number of aromatic nitrogens is 2. The lowest BCUT2D eigenvalue weighted by Gasteiger charge is -2.20. The van der Waals surface area contributed by atoms with Crippen LogP contribution in [0.1, 0.15) is 26.3 Å². The number of benzene rings is 2. The molecule has 0 bridgehead atoms. The predicted molar refractivity (Wildman–Crippen MR) is 106 cm³/mol. The zero-order valence-corrected chi connectivity index (χ0v) is 15.7. The van der Waals surface area contributed by atoms with E-state index in [0.29, 0.717) is 28.4 Å². The van der Waals surface area contributed by atoms with E-state index >= 15 is 0 Å². The molecular weight excluding hydrogens is 342 g/mol. The number of nitrogens with zero attached hydrogens (tertiary/aromatic N) is 2. The number of hydrogen-bond acceptors (Lipinski definition) is 5. The van der Waals surface area contributed by atoms with Crippen LogP contribution in [-0.4, -0.2) is 21.2 Å². The summed E-state index contributed by atoms with van der Waals surface area (Å²) in [7, 11) is 0. The smallest absolute Gasteiger partial charge is 0.419 e. The minimum atomic E-state index is -0.620. The summed E-state index contributed by atoms with van der Waals surface area (Å²) >= 11 is 0. The Morgan fingerprint density at radius 1 is 1.15 bits per heavy atom. The summed E-state index contributed by atoms with van der Waals surface area (Å²) in [4.78, 5) is 17.5. The lowest BCUT2D eigenvalue weighted by Crippen LogP contribution is -2.27. The molecule has 27 heavy (non-hydrogen) atoms. The van der Waals surface area contributed by atoms with Crippen LogP contribution in [0.15, 0.2) is 46.9 Å². The summed E-state index contributed by atoms with van der Waals surface area (Å²) in [6.45, 7) is 7.51. The zero-order chi connectivity index (χ0) is 19.3. The Labute approximate surface area is 156 Å². The molecule has 4 aromatic rings. The maximum Gasteiger partial charge on any atom is 0.419 e. The van der Waals surface area contributed by atoms with Gasteiger partial charge in [0, 0.05) is 11.1 Å². The first-order chi connectivity index (χ1) is 12.7. The molecule has 6 nitrogen and oxygen atoms in total. The summed E-state index contributed by atoms with van der Waals surface area (Å²) in [6.07, 6.45) is -0.474. The molecule has 0 spiro atoms. The molecule has 2 N–H and O–H groups in total. The Balaban J connectivity index is 1.95. The fraction of sp³-hybridized carbons (Fsp3) is 0.238. The molecule has 0 saturated carbocycles. The van der Waals surface area contributed by atoms with Gasteiger partial charge >= 0.3 is 6.09 Å². The monoisotopic (exact) mass is 363 g/mol. The summed E-state index contributed by atoms with van der Waals surface area (Å²) in [5.74, 6) is 0.343. The van der Waals surface area contributed by atoms with Crippen molar-refractivity contribution in [2.45, 2.75) is 33.3 Å². The SMILES string of the molecule is Cc1ccc2c(c1)cc(-c1nc3cc(N)ccc3o1)n2C(=O)OC(C)(C)C. The number of nitrogen functional groups attached to an aromatic ring is 1. The molecule has 4 rings (SSSR count). The Morgan fingerprint density at radius 3 is 2.67 bits per heavy atom. The number of ether oxygens (including phenoxy) is 1. The van der Waals surface area contributed by atoms with Gasteiger partial charge in [0.1, 0.15) is 16.8 Å². The van der Waals surface area contributed by atoms with Crippen molar-refractivity contribution in [2.24, 2.45) is 0 Å². The predicted octanol–water partition coefficient (Wildman–Crippen LogP) is 5.12. The first-order valence-corrected chi connectivity index (χ1v) is 8.73. The molecule has 0 radical (unpaired) electrons. The highest BCUT2D eigenvalue weighted by atomic mass is 16.6. The maximum atomic E-state index is 12.9. The molecule has 0 aliphatic heterocycles. The van der Waals surface area contributed by atoms with Gasteiger partial charge in [0.15, 0.2) is 5.58 Å². The second-order valence-corrected chi connectivity index (χ2v) is 7.65. The fourth-order valence-electron chi connectivity index (χ4n) is 3.05. The molecule has 2 aromatic carbocycles. The van der Waals surface area contributed by atoms with Gasteiger partial charge in [-0.15, -0.1) is 0 Å². The average molecular weight is 363 g/mol. The molecule has 2 aromatic heterocycles. The number of carbonyl (C=O) groups is 1. The van der Waals surface area contributed by atoms with Crippen LogP contribution in [0.3, 0.4) is 0 Å². The lowest BCUT2D eigenvalue weighted by atomic mass is 10.2. The van der Waals surface area contributed by atoms with Gasteiger partial charge in [-0.2, -0.15) is 0 Å². The molecule has 138 valence electrons. The van der Waals surface area contributed by atoms with Crippen LogP contribution in [0.5, 0.6) is 0 Å². The second kappa shape index (κ2) is 5.87. The molecule has 6 heteroatoms. The van der Waals surface area contributed by atoms with Crippen LogP contribution < -0.4 is 5.73 Å². The minimum absolute atomic E-state index is 0.343. The van der Waals surface area contributed by atoms with E-state index < -0.39 is 11.7 Å². The molecule has 0 atom stereocenters. The first-order valence-electron chi connectivity index (χ1n) is 8.73. The topological polar surface area (TPSA) is 83.3 Å². The molecule has 0 saturated heterocycles. The van der Waals surface area contributed by atoms with E-state index in [-0.39, 0.29) is 0 Å². The molecule has 0 unspecified atom stereocenters. The molecule has 0 aliphatic carbocycles. The van der Waals surface area contributed by atoms with Gasteiger partial charge in [-0.25, -0.2) is 14.3 Å². The van der Waals surface area contributed by atoms with E-state index in [4.69, 9.17) is 14.9 Å². The highest BCUT2D eigenvalue weighted by Gasteiger charge is 2.25. The van der Waals surface area contributed by atoms with E-state index in [1.54, 1.807) is 18.2 Å². The number of oxazole rings is 1. The Hall–Kier alpha value is -3.28. The van der Waals surface area contributed by atoms with Crippen molar-refractivity contribution < 1.29 is 13.9 Å². The quantitative estimate of drug-likeness (QED) is 0.474. The summed E-state index contributed by atoms with van der Waals surface area (Å²) in [5, 5.41) is 0.914. The maximum absolute atomic E-state index is 12.9. The van der Waals surface area contributed by atoms with Crippen molar-refractivity contribution >= 4 is 33.8 Å². The first kappa shape index (κ1) is 17.1. The van der Waals surface area contributed by atoms with Crippen molar-refractivity contribution in [3.05, 3.63) is 48.0 Å². The fourth-order valence-corrected chi connectivity index (χ4v) is 3.05. The number of rotatable bonds is 1. The second-order valence-electron chi connectivity index (χ2n) is 7.65. The Bertz CT molecular complexity index is 1180. The van der Waals surface area contributed by atoms with E-state index in [1.165, 1.54) is 4.57 Å². The Kier molecular flexibility index (Phi) is 3.73. The number of aryl methyl sites for hydroxylation is 1. The van der Waals surface area contributed by atoms with Gasteiger partial charge in [0.2, 0.25) is 5.89 Å². The van der Waals surface area contributed by atoms with Gasteiger partial charge in [0.25, 0.3) is 0 Å². The van der Waals surface area contributed by atoms with Crippen molar-refractivity contribution in [1.29, 1.82) is 0 Å². The van der Waals surface area contributed by atoms with Crippen molar-refractivity contribution in [1.82, 2.24) is 9.55 Å². The van der Waals surface area contributed by atoms with Gasteiger partial charge in [-0.05, 0) is 64.1 Å². The zero-order valence-electron chi connectivity index (χ0n) is 15.7. The molecule has 0 aliphatic rings. The van der Waals surface area contributed by atoms with Crippen LogP contribution in [0.4, 0.5) is 10.5 Å². The summed E-state index contributed by atoms with van der Waals surface area (Å²) in [5.41, 5.74) is 9.45. The normalized spacial score (nSPS) is 12.0. The van der Waals surface area contributed by atoms with E-state index in [1.807, 2.05) is 52.0 Å². The third-order valence-electron chi connectivity index (χ3n) is 4.16. The van der Waals surface area contributed by atoms with Gasteiger partial charge in [-0.3, -0.25) is 0 Å². The van der Waals surface area contributed by atoms with Crippen molar-refractivity contribution in [2.75, 3.05) is 5.73 Å². The van der Waals surface area contributed by atoms with Crippen molar-refractivity contribution in [3.8, 4) is 11.6 Å². The highest BCUT2D eigenvalue weighted by Crippen LogP contribution is 2.32. The molecule has 2 heterocycles. The Morgan fingerprint density at radius 2 is 1.93 bits per heavy atom. The van der Waals surface area contributed by atoms with Gasteiger partial charge in [0.05, 0.1) is 5.52 Å². The van der Waals surface area contributed by atoms with Crippen molar-refractivity contribution in [3.63, 3.8) is 0 Å². The average Bonchev–Trinajstić information content (AvgIpc) is 3.12. The van der Waals surface area contributed by atoms with Gasteiger partial charge in [-0.1, -0.05) is 11.6 Å². The van der Waals surface area contributed by atoms with E-state index in [0.717, 1.165) is 16.5 Å². The number of hydrogen-bond donors (Lipinski definition) is 1. The molecule has 0 fully saturated rings. The van der Waals surface area contributed by atoms with E-state index in [9.17, 15) is 4.79 Å². The standard InChI is InChI=1S/C21H21N3O3/c1-12-5-7-16-13(9-12)10-17(24(16)20(25)27-21(2,3)4)19-23-15-11-14(22)6-8-18(15)26-19/h5-11H,22H2,1-4H3. The van der Waals surface area contributed by atoms with E-state index in [2.05, 4.69) is 4.98 Å². The van der Waals surface area contributed by atoms with Crippen LogP contribution in [0, 0.1) is 6.92 Å². The summed E-state index contributed by atoms with van der Waals surface area (Å²) in [6, 6.07) is 13.0. The van der Waals surface area contributed by atoms with Crippen LogP contribution in [0.2, 0.25) is 0 Å². The number of nitrogens with two attached hydrogens (primary N) is 1. The largest absolute Gasteiger partial charge is 0.443 e. The number of fused-ring (bicyclic) bond motifs is 2. The molecular formula is C21H21N3O3. The van der Waals surface area contributed by atoms with Crippen LogP contribution in [-0.2, 0) is 4.74 Å². The third kappa shape index (κ3) is 3.14. The third-order valence-corrected chi connectivity index (χ3v) is 4.16. The van der Waals surface area contributed by atoms with Gasteiger partial charge < -0.3 is 14.9 Å². The van der Waals surface area contributed by atoms with Crippen LogP contribution >= 0.6 is 0 Å². The lowest BCUT2D eigenvalue weighted by molar-refractivity contribution is 0.0546. The summed E-state index contributed by atoms with van der Waals surface area (Å²) < 4.78 is 13.0. The number of anilines is 1. The molecule has 0 amide bonds. The number of carbonyl (C=O) groups excluding carboxylic acids is 1.